The van der Waals surface area contributed by atoms with Crippen LogP contribution >= 0.6 is 0 Å². The highest BCUT2D eigenvalue weighted by molar-refractivity contribution is 7.91. The van der Waals surface area contributed by atoms with Crippen LogP contribution in [0.3, 0.4) is 0 Å². The van der Waals surface area contributed by atoms with Gasteiger partial charge >= 0.3 is 5.97 Å². The standard InChI is InChI=1S/C15H18O5S/c1-20-14(17)15(9-5-8-13(15)16)10-11-21(18,19)12-6-3-2-4-7-12/h2-4,6-7H,5,8-11H2,1H3. The monoisotopic (exact) mass is 310 g/mol. The molecule has 1 fully saturated rings. The molecular weight excluding hydrogens is 292 g/mol. The number of ketones is 1. The number of methoxy groups -OCH3 is 1. The van der Waals surface area contributed by atoms with Crippen molar-refractivity contribution in [3.63, 3.8) is 0 Å². The molecular formula is C15H18O5S. The maximum absolute atomic E-state index is 12.3. The summed E-state index contributed by atoms with van der Waals surface area (Å²) >= 11 is 0. The molecule has 1 aromatic carbocycles. The fourth-order valence-electron chi connectivity index (χ4n) is 2.76. The predicted molar refractivity (Wildman–Crippen MR) is 76.4 cm³/mol. The van der Waals surface area contributed by atoms with Gasteiger partial charge in [0, 0.05) is 6.42 Å². The van der Waals surface area contributed by atoms with Gasteiger partial charge in [-0.15, -0.1) is 0 Å². The number of hydrogen-bond donors (Lipinski definition) is 0. The summed E-state index contributed by atoms with van der Waals surface area (Å²) in [6, 6.07) is 8.04. The smallest absolute Gasteiger partial charge is 0.319 e. The van der Waals surface area contributed by atoms with E-state index in [-0.39, 0.29) is 22.9 Å². The number of rotatable bonds is 5. The Labute approximate surface area is 124 Å². The molecule has 0 aromatic heterocycles. The number of esters is 1. The molecule has 114 valence electrons. The van der Waals surface area contributed by atoms with Gasteiger partial charge in [0.1, 0.15) is 11.2 Å². The summed E-state index contributed by atoms with van der Waals surface area (Å²) in [6.07, 6.45) is 1.25. The molecule has 0 heterocycles. The Hall–Kier alpha value is -1.69. The lowest BCUT2D eigenvalue weighted by molar-refractivity contribution is -0.156. The SMILES string of the molecule is COC(=O)C1(CCS(=O)(=O)c2ccccc2)CCCC1=O. The van der Waals surface area contributed by atoms with Crippen LogP contribution in [0.5, 0.6) is 0 Å². The van der Waals surface area contributed by atoms with Crippen molar-refractivity contribution in [1.29, 1.82) is 0 Å². The number of benzene rings is 1. The molecule has 0 radical (unpaired) electrons. The topological polar surface area (TPSA) is 77.5 Å². The van der Waals surface area contributed by atoms with E-state index >= 15 is 0 Å². The first-order chi connectivity index (χ1) is 9.92. The number of ether oxygens (including phenoxy) is 1. The van der Waals surface area contributed by atoms with E-state index < -0.39 is 21.2 Å². The first kappa shape index (κ1) is 15.7. The molecule has 6 heteroatoms. The zero-order chi connectivity index (χ0) is 15.5. The molecule has 1 atom stereocenters. The van der Waals surface area contributed by atoms with Crippen LogP contribution in [0, 0.1) is 5.41 Å². The van der Waals surface area contributed by atoms with E-state index in [9.17, 15) is 18.0 Å². The molecule has 0 spiro atoms. The highest BCUT2D eigenvalue weighted by Gasteiger charge is 2.49. The van der Waals surface area contributed by atoms with Crippen molar-refractivity contribution in [3.05, 3.63) is 30.3 Å². The number of carbonyl (C=O) groups is 2. The molecule has 0 bridgehead atoms. The van der Waals surface area contributed by atoms with E-state index in [0.717, 1.165) is 0 Å². The average Bonchev–Trinajstić information content (AvgIpc) is 2.87. The molecule has 0 saturated heterocycles. The molecule has 1 aliphatic carbocycles. The van der Waals surface area contributed by atoms with E-state index in [1.54, 1.807) is 18.2 Å². The number of hydrogen-bond acceptors (Lipinski definition) is 5. The Morgan fingerprint density at radius 2 is 1.95 bits per heavy atom. The summed E-state index contributed by atoms with van der Waals surface area (Å²) in [5.74, 6) is -1.07. The van der Waals surface area contributed by atoms with Crippen LogP contribution in [-0.2, 0) is 24.2 Å². The van der Waals surface area contributed by atoms with Gasteiger partial charge in [-0.25, -0.2) is 8.42 Å². The second-order valence-corrected chi connectivity index (χ2v) is 7.34. The fraction of sp³-hybridized carbons (Fsp3) is 0.467. The third-order valence-electron chi connectivity index (χ3n) is 4.02. The molecule has 1 saturated carbocycles. The first-order valence-electron chi connectivity index (χ1n) is 6.82. The van der Waals surface area contributed by atoms with Gasteiger partial charge < -0.3 is 4.74 Å². The van der Waals surface area contributed by atoms with Crippen molar-refractivity contribution in [2.24, 2.45) is 5.41 Å². The summed E-state index contributed by atoms with van der Waals surface area (Å²) in [6.45, 7) is 0. The maximum Gasteiger partial charge on any atom is 0.319 e. The van der Waals surface area contributed by atoms with Gasteiger partial charge in [-0.1, -0.05) is 18.2 Å². The summed E-state index contributed by atoms with van der Waals surface area (Å²) in [4.78, 5) is 24.2. The van der Waals surface area contributed by atoms with Crippen LogP contribution in [0.15, 0.2) is 35.2 Å². The third kappa shape index (κ3) is 3.00. The molecule has 0 amide bonds. The van der Waals surface area contributed by atoms with Crippen LogP contribution in [0.4, 0.5) is 0 Å². The van der Waals surface area contributed by atoms with Crippen LogP contribution in [-0.4, -0.2) is 33.0 Å². The Kier molecular flexibility index (Phi) is 4.46. The molecule has 5 nitrogen and oxygen atoms in total. The van der Waals surface area contributed by atoms with Crippen molar-refractivity contribution in [2.75, 3.05) is 12.9 Å². The molecule has 1 unspecified atom stereocenters. The average molecular weight is 310 g/mol. The summed E-state index contributed by atoms with van der Waals surface area (Å²) < 4.78 is 29.3. The molecule has 1 aliphatic rings. The van der Waals surface area contributed by atoms with Gasteiger partial charge in [0.2, 0.25) is 0 Å². The van der Waals surface area contributed by atoms with Gasteiger partial charge in [0.25, 0.3) is 0 Å². The Morgan fingerprint density at radius 3 is 2.48 bits per heavy atom. The summed E-state index contributed by atoms with van der Waals surface area (Å²) in [7, 11) is -2.29. The van der Waals surface area contributed by atoms with E-state index in [1.807, 2.05) is 0 Å². The second-order valence-electron chi connectivity index (χ2n) is 5.23. The zero-order valence-electron chi connectivity index (χ0n) is 11.9. The minimum Gasteiger partial charge on any atom is -0.468 e. The zero-order valence-corrected chi connectivity index (χ0v) is 12.7. The van der Waals surface area contributed by atoms with Gasteiger partial charge in [0.05, 0.1) is 17.8 Å². The van der Waals surface area contributed by atoms with Crippen LogP contribution in [0.25, 0.3) is 0 Å². The maximum atomic E-state index is 12.3. The van der Waals surface area contributed by atoms with Crippen molar-refractivity contribution < 1.29 is 22.7 Å². The van der Waals surface area contributed by atoms with E-state index in [1.165, 1.54) is 19.2 Å². The molecule has 0 N–H and O–H groups in total. The summed E-state index contributed by atoms with van der Waals surface area (Å²) in [5, 5.41) is 0. The van der Waals surface area contributed by atoms with E-state index in [0.29, 0.717) is 19.3 Å². The number of Topliss-reactive ketones (excluding diaryl/α,β-unsaturated/α-hetero) is 1. The van der Waals surface area contributed by atoms with Crippen molar-refractivity contribution in [3.8, 4) is 0 Å². The minimum absolute atomic E-state index is 0.0181. The highest BCUT2D eigenvalue weighted by Crippen LogP contribution is 2.40. The van der Waals surface area contributed by atoms with Gasteiger partial charge in [0.15, 0.2) is 9.84 Å². The van der Waals surface area contributed by atoms with Crippen molar-refractivity contribution in [1.82, 2.24) is 0 Å². The quantitative estimate of drug-likeness (QED) is 0.612. The summed E-state index contributed by atoms with van der Waals surface area (Å²) in [5.41, 5.74) is -1.28. The van der Waals surface area contributed by atoms with Crippen LogP contribution in [0.2, 0.25) is 0 Å². The molecule has 21 heavy (non-hydrogen) atoms. The Bertz CT molecular complexity index is 635. The molecule has 2 rings (SSSR count). The molecule has 0 aliphatic heterocycles. The van der Waals surface area contributed by atoms with Crippen molar-refractivity contribution in [2.45, 2.75) is 30.6 Å². The predicted octanol–water partition coefficient (Wildman–Crippen LogP) is 1.76. The van der Waals surface area contributed by atoms with Crippen molar-refractivity contribution >= 4 is 21.6 Å². The normalized spacial score (nSPS) is 22.2. The van der Waals surface area contributed by atoms with Gasteiger partial charge in [-0.2, -0.15) is 0 Å². The third-order valence-corrected chi connectivity index (χ3v) is 5.75. The molecule has 1 aromatic rings. The largest absolute Gasteiger partial charge is 0.468 e. The Balaban J connectivity index is 2.20. The van der Waals surface area contributed by atoms with Crippen LogP contribution < -0.4 is 0 Å². The lowest BCUT2D eigenvalue weighted by Gasteiger charge is -2.23. The number of sulfone groups is 1. The highest BCUT2D eigenvalue weighted by atomic mass is 32.2. The van der Waals surface area contributed by atoms with E-state index in [4.69, 9.17) is 4.74 Å². The lowest BCUT2D eigenvalue weighted by Crippen LogP contribution is -2.38. The van der Waals surface area contributed by atoms with Gasteiger partial charge in [-0.3, -0.25) is 9.59 Å². The number of carbonyl (C=O) groups excluding carboxylic acids is 2. The van der Waals surface area contributed by atoms with Gasteiger partial charge in [-0.05, 0) is 31.4 Å². The van der Waals surface area contributed by atoms with E-state index in [2.05, 4.69) is 0 Å². The fourth-order valence-corrected chi connectivity index (χ4v) is 4.19. The van der Waals surface area contributed by atoms with Crippen LogP contribution in [0.1, 0.15) is 25.7 Å². The lowest BCUT2D eigenvalue weighted by atomic mass is 9.82. The Morgan fingerprint density at radius 1 is 1.29 bits per heavy atom. The minimum atomic E-state index is -3.51. The first-order valence-corrected chi connectivity index (χ1v) is 8.47. The second kappa shape index (κ2) is 5.97.